The molecule has 1 aromatic rings. The third-order valence-corrected chi connectivity index (χ3v) is 2.07. The first-order valence-electron chi connectivity index (χ1n) is 3.17. The van der Waals surface area contributed by atoms with Gasteiger partial charge in [-0.3, -0.25) is 9.63 Å². The lowest BCUT2D eigenvalue weighted by Crippen LogP contribution is -2.24. The summed E-state index contributed by atoms with van der Waals surface area (Å²) in [6, 6.07) is 0. The van der Waals surface area contributed by atoms with Crippen LogP contribution in [-0.4, -0.2) is 22.6 Å². The second-order valence-electron chi connectivity index (χ2n) is 2.10. The number of hydrogen-bond donors (Lipinski definition) is 1. The molecular weight excluding hydrogens is 226 g/mol. The summed E-state index contributed by atoms with van der Waals surface area (Å²) in [7, 11) is 3.09. The minimum absolute atomic E-state index is 0.295. The molecule has 0 saturated carbocycles. The Hall–Kier alpha value is -0.880. The summed E-state index contributed by atoms with van der Waals surface area (Å²) in [4.78, 5) is 19.5. The van der Waals surface area contributed by atoms with Gasteiger partial charge in [0, 0.05) is 7.05 Å². The van der Waals surface area contributed by atoms with Gasteiger partial charge in [0.1, 0.15) is 4.60 Å². The van der Waals surface area contributed by atoms with E-state index in [0.717, 1.165) is 4.60 Å². The fourth-order valence-corrected chi connectivity index (χ4v) is 1.01. The third kappa shape index (κ3) is 1.64. The SMILES string of the molecule is CONC(=O)c1ncc(Br)n1C. The van der Waals surface area contributed by atoms with Crippen molar-refractivity contribution in [3.8, 4) is 0 Å². The molecule has 1 aromatic heterocycles. The normalized spacial score (nSPS) is 9.92. The van der Waals surface area contributed by atoms with Crippen LogP contribution in [0.2, 0.25) is 0 Å². The molecule has 0 bridgehead atoms. The van der Waals surface area contributed by atoms with E-state index in [0.29, 0.717) is 5.82 Å². The number of halogens is 1. The van der Waals surface area contributed by atoms with E-state index in [1.54, 1.807) is 17.8 Å². The maximum Gasteiger partial charge on any atom is 0.310 e. The average molecular weight is 234 g/mol. The van der Waals surface area contributed by atoms with E-state index < -0.39 is 0 Å². The molecule has 5 nitrogen and oxygen atoms in total. The molecule has 0 atom stereocenters. The van der Waals surface area contributed by atoms with Gasteiger partial charge in [0.2, 0.25) is 5.82 Å². The summed E-state index contributed by atoms with van der Waals surface area (Å²) >= 11 is 3.22. The van der Waals surface area contributed by atoms with Gasteiger partial charge in [0.25, 0.3) is 0 Å². The van der Waals surface area contributed by atoms with Crippen molar-refractivity contribution in [2.45, 2.75) is 0 Å². The van der Waals surface area contributed by atoms with Crippen molar-refractivity contribution in [3.63, 3.8) is 0 Å². The number of nitrogens with one attached hydrogen (secondary N) is 1. The van der Waals surface area contributed by atoms with E-state index in [9.17, 15) is 4.79 Å². The first kappa shape index (κ1) is 9.21. The Kier molecular flexibility index (Phi) is 2.83. The van der Waals surface area contributed by atoms with Crippen molar-refractivity contribution < 1.29 is 9.63 Å². The van der Waals surface area contributed by atoms with Gasteiger partial charge >= 0.3 is 5.91 Å². The van der Waals surface area contributed by atoms with Crippen molar-refractivity contribution in [1.82, 2.24) is 15.0 Å². The number of nitrogens with zero attached hydrogens (tertiary/aromatic N) is 2. The lowest BCUT2D eigenvalue weighted by Gasteiger charge is -2.01. The molecule has 12 heavy (non-hydrogen) atoms. The van der Waals surface area contributed by atoms with E-state index in [2.05, 4.69) is 31.2 Å². The zero-order valence-corrected chi connectivity index (χ0v) is 8.25. The predicted octanol–water partition coefficient (Wildman–Crippen LogP) is 0.474. The molecule has 1 rings (SSSR count). The highest BCUT2D eigenvalue weighted by molar-refractivity contribution is 9.10. The Balaban J connectivity index is 2.88. The van der Waals surface area contributed by atoms with Crippen molar-refractivity contribution in [1.29, 1.82) is 0 Å². The van der Waals surface area contributed by atoms with Crippen molar-refractivity contribution in [3.05, 3.63) is 16.6 Å². The summed E-state index contributed by atoms with van der Waals surface area (Å²) in [5.41, 5.74) is 2.17. The van der Waals surface area contributed by atoms with Crippen LogP contribution in [0.25, 0.3) is 0 Å². The molecule has 0 aliphatic heterocycles. The summed E-state index contributed by atoms with van der Waals surface area (Å²) in [6.07, 6.45) is 1.55. The van der Waals surface area contributed by atoms with Crippen molar-refractivity contribution >= 4 is 21.8 Å². The first-order chi connectivity index (χ1) is 5.66. The number of carbonyl (C=O) groups excluding carboxylic acids is 1. The molecule has 0 aliphatic carbocycles. The fraction of sp³-hybridized carbons (Fsp3) is 0.333. The molecule has 0 saturated heterocycles. The molecule has 0 radical (unpaired) electrons. The Labute approximate surface area is 77.8 Å². The lowest BCUT2D eigenvalue weighted by molar-refractivity contribution is 0.0523. The highest BCUT2D eigenvalue weighted by atomic mass is 79.9. The molecular formula is C6H8BrN3O2. The van der Waals surface area contributed by atoms with Crippen LogP contribution in [0.15, 0.2) is 10.8 Å². The zero-order chi connectivity index (χ0) is 9.14. The van der Waals surface area contributed by atoms with Crippen LogP contribution in [0.5, 0.6) is 0 Å². The molecule has 66 valence electrons. The molecule has 6 heteroatoms. The number of carbonyl (C=O) groups is 1. The van der Waals surface area contributed by atoms with Gasteiger partial charge in [-0.2, -0.15) is 0 Å². The van der Waals surface area contributed by atoms with E-state index in [4.69, 9.17) is 0 Å². The minimum atomic E-state index is -0.370. The fourth-order valence-electron chi connectivity index (χ4n) is 0.738. The Bertz CT molecular complexity index is 297. The predicted molar refractivity (Wildman–Crippen MR) is 45.4 cm³/mol. The van der Waals surface area contributed by atoms with Gasteiger partial charge in [0.05, 0.1) is 13.3 Å². The third-order valence-electron chi connectivity index (χ3n) is 1.33. The van der Waals surface area contributed by atoms with Gasteiger partial charge in [-0.15, -0.1) is 0 Å². The molecule has 1 heterocycles. The summed E-state index contributed by atoms with van der Waals surface area (Å²) < 4.78 is 2.35. The van der Waals surface area contributed by atoms with Crippen molar-refractivity contribution in [2.24, 2.45) is 7.05 Å². The Morgan fingerprint density at radius 2 is 2.50 bits per heavy atom. The second-order valence-corrected chi connectivity index (χ2v) is 2.91. The highest BCUT2D eigenvalue weighted by Crippen LogP contribution is 2.09. The maximum atomic E-state index is 11.1. The van der Waals surface area contributed by atoms with E-state index in [-0.39, 0.29) is 5.91 Å². The Morgan fingerprint density at radius 1 is 1.83 bits per heavy atom. The highest BCUT2D eigenvalue weighted by Gasteiger charge is 2.12. The summed E-state index contributed by atoms with van der Waals surface area (Å²) in [5, 5.41) is 0. The molecule has 1 N–H and O–H groups in total. The summed E-state index contributed by atoms with van der Waals surface area (Å²) in [6.45, 7) is 0. The Morgan fingerprint density at radius 3 is 2.92 bits per heavy atom. The van der Waals surface area contributed by atoms with Crippen LogP contribution in [0.3, 0.4) is 0 Å². The first-order valence-corrected chi connectivity index (χ1v) is 3.96. The van der Waals surface area contributed by atoms with E-state index in [1.165, 1.54) is 7.11 Å². The van der Waals surface area contributed by atoms with Crippen LogP contribution < -0.4 is 5.48 Å². The number of imidazole rings is 1. The molecule has 0 aliphatic rings. The van der Waals surface area contributed by atoms with Crippen molar-refractivity contribution in [2.75, 3.05) is 7.11 Å². The molecule has 0 aromatic carbocycles. The molecule has 0 spiro atoms. The minimum Gasteiger partial charge on any atom is -0.318 e. The van der Waals surface area contributed by atoms with Crippen LogP contribution >= 0.6 is 15.9 Å². The lowest BCUT2D eigenvalue weighted by atomic mass is 10.6. The number of aromatic nitrogens is 2. The standard InChI is InChI=1S/C6H8BrN3O2/c1-10-4(7)3-8-5(10)6(11)9-12-2/h3H,1-2H3,(H,9,11). The van der Waals surface area contributed by atoms with Gasteiger partial charge in [-0.1, -0.05) is 0 Å². The topological polar surface area (TPSA) is 56.1 Å². The van der Waals surface area contributed by atoms with Gasteiger partial charge < -0.3 is 4.57 Å². The smallest absolute Gasteiger partial charge is 0.310 e. The van der Waals surface area contributed by atoms with Crippen LogP contribution in [0, 0.1) is 0 Å². The van der Waals surface area contributed by atoms with Gasteiger partial charge in [0.15, 0.2) is 0 Å². The summed E-state index contributed by atoms with van der Waals surface area (Å²) in [5.74, 6) is -0.0746. The molecule has 0 unspecified atom stereocenters. The monoisotopic (exact) mass is 233 g/mol. The van der Waals surface area contributed by atoms with Crippen LogP contribution in [-0.2, 0) is 11.9 Å². The second kappa shape index (κ2) is 3.68. The van der Waals surface area contributed by atoms with Crippen LogP contribution in [0.1, 0.15) is 10.6 Å². The van der Waals surface area contributed by atoms with E-state index >= 15 is 0 Å². The number of amides is 1. The van der Waals surface area contributed by atoms with Crippen LogP contribution in [0.4, 0.5) is 0 Å². The number of hydrogen-bond acceptors (Lipinski definition) is 3. The maximum absolute atomic E-state index is 11.1. The molecule has 1 amide bonds. The quantitative estimate of drug-likeness (QED) is 0.757. The number of rotatable bonds is 2. The largest absolute Gasteiger partial charge is 0.318 e. The zero-order valence-electron chi connectivity index (χ0n) is 6.67. The number of hydroxylamine groups is 1. The molecule has 0 fully saturated rings. The van der Waals surface area contributed by atoms with Gasteiger partial charge in [-0.05, 0) is 15.9 Å². The average Bonchev–Trinajstić information content (AvgIpc) is 2.34. The van der Waals surface area contributed by atoms with E-state index in [1.807, 2.05) is 0 Å². The van der Waals surface area contributed by atoms with Gasteiger partial charge in [-0.25, -0.2) is 10.5 Å².